The summed E-state index contributed by atoms with van der Waals surface area (Å²) >= 11 is 0. The van der Waals surface area contributed by atoms with Gasteiger partial charge in [0.15, 0.2) is 5.76 Å². The molecular formula is C29H36N4O. The van der Waals surface area contributed by atoms with E-state index >= 15 is 0 Å². The Morgan fingerprint density at radius 1 is 1.03 bits per heavy atom. The Kier molecular flexibility index (Phi) is 5.82. The number of piperidine rings is 2. The Bertz CT molecular complexity index is 1110. The summed E-state index contributed by atoms with van der Waals surface area (Å²) in [5, 5.41) is 3.69. The summed E-state index contributed by atoms with van der Waals surface area (Å²) in [5.41, 5.74) is 5.74. The van der Waals surface area contributed by atoms with E-state index in [1.807, 2.05) is 24.4 Å². The minimum Gasteiger partial charge on any atom is -0.423 e. The number of likely N-dealkylation sites (tertiary alicyclic amines) is 1. The molecule has 2 fully saturated rings. The highest BCUT2D eigenvalue weighted by Gasteiger charge is 2.41. The van der Waals surface area contributed by atoms with E-state index in [1.165, 1.54) is 63.0 Å². The summed E-state index contributed by atoms with van der Waals surface area (Å²) in [6.07, 6.45) is 8.20. The van der Waals surface area contributed by atoms with Crippen molar-refractivity contribution in [3.63, 3.8) is 0 Å². The molecule has 5 nitrogen and oxygen atoms in total. The fraction of sp³-hybridized carbons (Fsp3) is 0.483. The topological polar surface area (TPSA) is 44.5 Å². The van der Waals surface area contributed by atoms with Crippen LogP contribution in [0, 0.1) is 12.8 Å². The number of nitrogens with one attached hydrogen (secondary N) is 1. The molecule has 4 heterocycles. The third-order valence-electron chi connectivity index (χ3n) is 8.47. The maximum atomic E-state index is 6.08. The Hall–Kier alpha value is -2.79. The molecule has 0 radical (unpaired) electrons. The SMILES string of the molecule is Cc1ccc2c(c1)NCC21CCN(CCC2CCN(c3ncc(-c4ccccc4)o3)CC2)CC1. The Morgan fingerprint density at radius 2 is 1.82 bits per heavy atom. The van der Waals surface area contributed by atoms with Crippen molar-refractivity contribution in [2.45, 2.75) is 44.4 Å². The quantitative estimate of drug-likeness (QED) is 0.532. The summed E-state index contributed by atoms with van der Waals surface area (Å²) in [5.74, 6) is 1.67. The van der Waals surface area contributed by atoms with Crippen molar-refractivity contribution in [2.24, 2.45) is 5.92 Å². The standard InChI is InChI=1S/C29H36N4O/c1-22-7-8-25-26(19-22)31-21-29(25)12-17-32(18-13-29)14-9-23-10-15-33(16-11-23)28-30-20-27(34-28)24-5-3-2-4-6-24/h2-8,19-20,23,31H,9-18,21H2,1H3. The second-order valence-corrected chi connectivity index (χ2v) is 10.6. The lowest BCUT2D eigenvalue weighted by atomic mass is 9.74. The van der Waals surface area contributed by atoms with Crippen molar-refractivity contribution in [1.29, 1.82) is 0 Å². The Labute approximate surface area is 203 Å². The van der Waals surface area contributed by atoms with Crippen LogP contribution in [0.4, 0.5) is 11.7 Å². The summed E-state index contributed by atoms with van der Waals surface area (Å²) in [7, 11) is 0. The Morgan fingerprint density at radius 3 is 2.62 bits per heavy atom. The van der Waals surface area contributed by atoms with Crippen molar-refractivity contribution in [3.05, 3.63) is 65.9 Å². The molecule has 34 heavy (non-hydrogen) atoms. The van der Waals surface area contributed by atoms with Crippen LogP contribution in [0.1, 0.15) is 43.2 Å². The van der Waals surface area contributed by atoms with E-state index in [4.69, 9.17) is 4.42 Å². The van der Waals surface area contributed by atoms with Gasteiger partial charge in [-0.25, -0.2) is 4.98 Å². The molecule has 3 aromatic rings. The van der Waals surface area contributed by atoms with E-state index in [1.54, 1.807) is 5.56 Å². The van der Waals surface area contributed by atoms with Gasteiger partial charge >= 0.3 is 0 Å². The van der Waals surface area contributed by atoms with Gasteiger partial charge < -0.3 is 19.5 Å². The number of hydrogen-bond acceptors (Lipinski definition) is 5. The first-order chi connectivity index (χ1) is 16.7. The highest BCUT2D eigenvalue weighted by atomic mass is 16.4. The lowest BCUT2D eigenvalue weighted by molar-refractivity contribution is 0.156. The van der Waals surface area contributed by atoms with Crippen LogP contribution >= 0.6 is 0 Å². The molecule has 2 saturated heterocycles. The van der Waals surface area contributed by atoms with E-state index in [-0.39, 0.29) is 0 Å². The van der Waals surface area contributed by atoms with Crippen LogP contribution in [-0.4, -0.2) is 49.2 Å². The van der Waals surface area contributed by atoms with Gasteiger partial charge in [0.1, 0.15) is 0 Å². The van der Waals surface area contributed by atoms with Gasteiger partial charge in [-0.3, -0.25) is 0 Å². The van der Waals surface area contributed by atoms with E-state index in [0.29, 0.717) is 5.41 Å². The van der Waals surface area contributed by atoms with Crippen LogP contribution in [0.15, 0.2) is 59.1 Å². The number of aryl methyl sites for hydroxylation is 1. The normalized spacial score (nSPS) is 20.4. The maximum Gasteiger partial charge on any atom is 0.297 e. The average molecular weight is 457 g/mol. The summed E-state index contributed by atoms with van der Waals surface area (Å²) < 4.78 is 6.08. The lowest BCUT2D eigenvalue weighted by Gasteiger charge is -2.40. The number of fused-ring (bicyclic) bond motifs is 2. The van der Waals surface area contributed by atoms with E-state index < -0.39 is 0 Å². The van der Waals surface area contributed by atoms with Crippen LogP contribution in [-0.2, 0) is 5.41 Å². The zero-order chi connectivity index (χ0) is 23.0. The largest absolute Gasteiger partial charge is 0.423 e. The predicted molar refractivity (Wildman–Crippen MR) is 139 cm³/mol. The van der Waals surface area contributed by atoms with E-state index in [0.717, 1.165) is 42.9 Å². The van der Waals surface area contributed by atoms with Crippen molar-refractivity contribution < 1.29 is 4.42 Å². The first-order valence-corrected chi connectivity index (χ1v) is 13.0. The van der Waals surface area contributed by atoms with Crippen LogP contribution in [0.3, 0.4) is 0 Å². The van der Waals surface area contributed by atoms with E-state index in [2.05, 4.69) is 57.4 Å². The number of rotatable bonds is 5. The number of oxazole rings is 1. The van der Waals surface area contributed by atoms with Gasteiger partial charge in [0.05, 0.1) is 6.20 Å². The fourth-order valence-corrected chi connectivity index (χ4v) is 6.20. The molecule has 0 amide bonds. The van der Waals surface area contributed by atoms with Crippen LogP contribution < -0.4 is 10.2 Å². The van der Waals surface area contributed by atoms with E-state index in [9.17, 15) is 0 Å². The summed E-state index contributed by atoms with van der Waals surface area (Å²) in [6.45, 7) is 9.09. The molecule has 6 rings (SSSR count). The van der Waals surface area contributed by atoms with Gasteiger partial charge in [0, 0.05) is 36.3 Å². The molecular weight excluding hydrogens is 420 g/mol. The second kappa shape index (κ2) is 9.10. The molecule has 0 unspecified atom stereocenters. The number of hydrogen-bond donors (Lipinski definition) is 1. The zero-order valence-electron chi connectivity index (χ0n) is 20.3. The van der Waals surface area contributed by atoms with Crippen molar-refractivity contribution in [2.75, 3.05) is 49.5 Å². The summed E-state index contributed by atoms with van der Waals surface area (Å²) in [4.78, 5) is 9.59. The molecule has 0 atom stereocenters. The summed E-state index contributed by atoms with van der Waals surface area (Å²) in [6, 6.07) is 18.0. The molecule has 0 aliphatic carbocycles. The molecule has 178 valence electrons. The number of aromatic nitrogens is 1. The molecule has 5 heteroatoms. The van der Waals surface area contributed by atoms with Crippen LogP contribution in [0.25, 0.3) is 11.3 Å². The minimum absolute atomic E-state index is 0.361. The van der Waals surface area contributed by atoms with Gasteiger partial charge in [-0.05, 0) is 81.8 Å². The molecule has 0 bridgehead atoms. The smallest absolute Gasteiger partial charge is 0.297 e. The van der Waals surface area contributed by atoms with Crippen molar-refractivity contribution in [3.8, 4) is 11.3 Å². The molecule has 3 aliphatic rings. The first kappa shape index (κ1) is 21.7. The minimum atomic E-state index is 0.361. The predicted octanol–water partition coefficient (Wildman–Crippen LogP) is 5.72. The molecule has 1 spiro atoms. The van der Waals surface area contributed by atoms with Crippen molar-refractivity contribution >= 4 is 11.7 Å². The molecule has 2 aromatic carbocycles. The highest BCUT2D eigenvalue weighted by molar-refractivity contribution is 5.62. The Balaban J connectivity index is 0.969. The third-order valence-corrected chi connectivity index (χ3v) is 8.47. The average Bonchev–Trinajstić information content (AvgIpc) is 3.51. The molecule has 0 saturated carbocycles. The second-order valence-electron chi connectivity index (χ2n) is 10.6. The van der Waals surface area contributed by atoms with Gasteiger partial charge in [-0.1, -0.05) is 42.5 Å². The highest BCUT2D eigenvalue weighted by Crippen LogP contribution is 2.44. The fourth-order valence-electron chi connectivity index (χ4n) is 6.20. The molecule has 1 N–H and O–H groups in total. The third kappa shape index (κ3) is 4.22. The van der Waals surface area contributed by atoms with Gasteiger partial charge in [0.25, 0.3) is 6.01 Å². The monoisotopic (exact) mass is 456 g/mol. The number of anilines is 2. The van der Waals surface area contributed by atoms with Crippen molar-refractivity contribution in [1.82, 2.24) is 9.88 Å². The molecule has 1 aromatic heterocycles. The van der Waals surface area contributed by atoms with Crippen LogP contribution in [0.5, 0.6) is 0 Å². The van der Waals surface area contributed by atoms with Gasteiger partial charge in [0.2, 0.25) is 0 Å². The molecule has 3 aliphatic heterocycles. The first-order valence-electron chi connectivity index (χ1n) is 13.0. The van der Waals surface area contributed by atoms with Gasteiger partial charge in [-0.2, -0.15) is 0 Å². The maximum absolute atomic E-state index is 6.08. The number of benzene rings is 2. The lowest BCUT2D eigenvalue weighted by Crippen LogP contribution is -2.44. The van der Waals surface area contributed by atoms with Crippen LogP contribution in [0.2, 0.25) is 0 Å². The van der Waals surface area contributed by atoms with Gasteiger partial charge in [-0.15, -0.1) is 0 Å². The number of nitrogens with zero attached hydrogens (tertiary/aromatic N) is 3. The zero-order valence-corrected chi connectivity index (χ0v) is 20.3.